The van der Waals surface area contributed by atoms with E-state index in [1.807, 2.05) is 19.0 Å². The number of rotatable bonds is 9. The van der Waals surface area contributed by atoms with E-state index >= 15 is 0 Å². The topological polar surface area (TPSA) is 92.1 Å². The predicted octanol–water partition coefficient (Wildman–Crippen LogP) is 3.08. The van der Waals surface area contributed by atoms with E-state index in [4.69, 9.17) is 11.6 Å². The molecule has 0 unspecified atom stereocenters. The van der Waals surface area contributed by atoms with Gasteiger partial charge in [0.2, 0.25) is 0 Å². The quantitative estimate of drug-likeness (QED) is 0.255. The molecule has 0 aliphatic carbocycles. The van der Waals surface area contributed by atoms with Gasteiger partial charge in [-0.25, -0.2) is 11.0 Å². The summed E-state index contributed by atoms with van der Waals surface area (Å²) >= 11 is 0. The van der Waals surface area contributed by atoms with Gasteiger partial charge < -0.3 is 20.7 Å². The third-order valence-corrected chi connectivity index (χ3v) is 3.80. The number of hydrazone groups is 1. The van der Waals surface area contributed by atoms with Crippen molar-refractivity contribution < 1.29 is 17.9 Å². The highest BCUT2D eigenvalue weighted by atomic mass is 19.4. The van der Waals surface area contributed by atoms with Gasteiger partial charge in [0.1, 0.15) is 5.75 Å². The molecule has 0 atom stereocenters. The maximum absolute atomic E-state index is 12.3. The lowest BCUT2D eigenvalue weighted by Gasteiger charge is -2.17. The molecule has 29 heavy (non-hydrogen) atoms. The molecule has 0 saturated heterocycles. The molecule has 0 amide bonds. The van der Waals surface area contributed by atoms with Crippen LogP contribution in [-0.2, 0) is 0 Å². The summed E-state index contributed by atoms with van der Waals surface area (Å²) in [6.07, 6.45) is -3.90. The van der Waals surface area contributed by atoms with E-state index in [9.17, 15) is 13.2 Å². The van der Waals surface area contributed by atoms with Crippen molar-refractivity contribution in [2.75, 3.05) is 32.5 Å². The third kappa shape index (κ3) is 7.88. The predicted molar refractivity (Wildman–Crippen MR) is 108 cm³/mol. The zero-order valence-electron chi connectivity index (χ0n) is 16.3. The summed E-state index contributed by atoms with van der Waals surface area (Å²) in [6.45, 7) is 1.41. The van der Waals surface area contributed by atoms with Crippen LogP contribution in [-0.4, -0.2) is 49.4 Å². The number of amidine groups is 1. The molecule has 5 N–H and O–H groups in total. The van der Waals surface area contributed by atoms with Crippen LogP contribution in [0.4, 0.5) is 24.5 Å². The van der Waals surface area contributed by atoms with Gasteiger partial charge in [-0.2, -0.15) is 0 Å². The van der Waals surface area contributed by atoms with Gasteiger partial charge in [-0.3, -0.25) is 0 Å². The second-order valence-corrected chi connectivity index (χ2v) is 6.55. The molecular weight excluding hydrogens is 385 g/mol. The maximum Gasteiger partial charge on any atom is 0.573 e. The van der Waals surface area contributed by atoms with Crippen LogP contribution >= 0.6 is 0 Å². The van der Waals surface area contributed by atoms with E-state index in [1.165, 1.54) is 29.4 Å². The summed E-state index contributed by atoms with van der Waals surface area (Å²) in [5.74, 6) is 5.81. The van der Waals surface area contributed by atoms with Crippen LogP contribution in [0.1, 0.15) is 12.0 Å². The Morgan fingerprint density at radius 1 is 1.07 bits per heavy atom. The summed E-state index contributed by atoms with van der Waals surface area (Å²) in [5.41, 5.74) is 7.93. The molecule has 0 radical (unpaired) electrons. The van der Waals surface area contributed by atoms with E-state index in [1.54, 1.807) is 24.3 Å². The largest absolute Gasteiger partial charge is 0.573 e. The van der Waals surface area contributed by atoms with Crippen molar-refractivity contribution in [3.8, 4) is 5.75 Å². The van der Waals surface area contributed by atoms with Crippen molar-refractivity contribution >= 4 is 17.2 Å². The minimum atomic E-state index is -4.73. The number of para-hydroxylation sites is 1. The molecule has 2 aromatic carbocycles. The van der Waals surface area contributed by atoms with Gasteiger partial charge in [-0.05, 0) is 63.5 Å². The number of benzene rings is 2. The molecule has 0 aromatic heterocycles. The zero-order chi connectivity index (χ0) is 21.4. The number of ether oxygens (including phenoxy) is 1. The molecule has 0 aliphatic heterocycles. The molecule has 2 rings (SSSR count). The first kappa shape index (κ1) is 22.3. The first-order chi connectivity index (χ1) is 13.6. The molecule has 0 saturated carbocycles. The van der Waals surface area contributed by atoms with Crippen molar-refractivity contribution in [1.29, 1.82) is 0 Å². The SMILES string of the molecule is CN(C)CCCN(N)/N=C(\N)c1ccccc1Nc1ccc(OC(F)(F)F)cc1. The second-order valence-electron chi connectivity index (χ2n) is 6.55. The van der Waals surface area contributed by atoms with Gasteiger partial charge in [0.05, 0.1) is 6.54 Å². The maximum atomic E-state index is 12.3. The van der Waals surface area contributed by atoms with Crippen molar-refractivity contribution in [3.05, 3.63) is 54.1 Å². The Hall–Kier alpha value is -2.98. The summed E-state index contributed by atoms with van der Waals surface area (Å²) < 4.78 is 40.7. The summed E-state index contributed by atoms with van der Waals surface area (Å²) in [5, 5.41) is 8.60. The van der Waals surface area contributed by atoms with Crippen LogP contribution in [0, 0.1) is 0 Å². The number of hydrogen-bond acceptors (Lipinski definition) is 6. The van der Waals surface area contributed by atoms with E-state index in [0.29, 0.717) is 23.5 Å². The van der Waals surface area contributed by atoms with Crippen LogP contribution in [0.5, 0.6) is 5.75 Å². The molecule has 0 heterocycles. The lowest BCUT2D eigenvalue weighted by molar-refractivity contribution is -0.274. The fraction of sp³-hybridized carbons (Fsp3) is 0.316. The number of nitrogens with zero attached hydrogens (tertiary/aromatic N) is 3. The molecular formula is C19H25F3N6O. The van der Waals surface area contributed by atoms with Crippen LogP contribution in [0.15, 0.2) is 53.6 Å². The van der Waals surface area contributed by atoms with Crippen molar-refractivity contribution in [3.63, 3.8) is 0 Å². The van der Waals surface area contributed by atoms with E-state index < -0.39 is 6.36 Å². The van der Waals surface area contributed by atoms with Crippen molar-refractivity contribution in [2.45, 2.75) is 12.8 Å². The van der Waals surface area contributed by atoms with Crippen molar-refractivity contribution in [2.24, 2.45) is 16.7 Å². The minimum absolute atomic E-state index is 0.220. The lowest BCUT2D eigenvalue weighted by atomic mass is 10.1. The third-order valence-electron chi connectivity index (χ3n) is 3.80. The summed E-state index contributed by atoms with van der Waals surface area (Å²) in [6, 6.07) is 12.6. The van der Waals surface area contributed by atoms with Gasteiger partial charge in [-0.1, -0.05) is 12.1 Å². The average Bonchev–Trinajstić information content (AvgIpc) is 2.62. The molecule has 0 aliphatic rings. The number of halogens is 3. The number of anilines is 2. The highest BCUT2D eigenvalue weighted by Crippen LogP contribution is 2.26. The number of nitrogens with two attached hydrogens (primary N) is 2. The number of alkyl halides is 3. The zero-order valence-corrected chi connectivity index (χ0v) is 16.3. The lowest BCUT2D eigenvalue weighted by Crippen LogP contribution is -2.32. The summed E-state index contributed by atoms with van der Waals surface area (Å²) in [4.78, 5) is 2.05. The highest BCUT2D eigenvalue weighted by molar-refractivity contribution is 6.02. The Morgan fingerprint density at radius 2 is 1.72 bits per heavy atom. The highest BCUT2D eigenvalue weighted by Gasteiger charge is 2.30. The van der Waals surface area contributed by atoms with Gasteiger partial charge in [0.25, 0.3) is 0 Å². The van der Waals surface area contributed by atoms with Crippen molar-refractivity contribution in [1.82, 2.24) is 10.0 Å². The molecule has 7 nitrogen and oxygen atoms in total. The average molecular weight is 410 g/mol. The van der Waals surface area contributed by atoms with E-state index in [0.717, 1.165) is 13.0 Å². The van der Waals surface area contributed by atoms with Gasteiger partial charge in [-0.15, -0.1) is 18.3 Å². The number of hydrazine groups is 1. The van der Waals surface area contributed by atoms with Crippen LogP contribution in [0.3, 0.4) is 0 Å². The van der Waals surface area contributed by atoms with E-state index in [2.05, 4.69) is 15.2 Å². The number of hydrogen-bond donors (Lipinski definition) is 3. The fourth-order valence-electron chi connectivity index (χ4n) is 2.50. The van der Waals surface area contributed by atoms with Gasteiger partial charge >= 0.3 is 6.36 Å². The van der Waals surface area contributed by atoms with Gasteiger partial charge in [0, 0.05) is 16.9 Å². The molecule has 10 heteroatoms. The smallest absolute Gasteiger partial charge is 0.406 e. The Morgan fingerprint density at radius 3 is 2.34 bits per heavy atom. The van der Waals surface area contributed by atoms with Crippen LogP contribution in [0.2, 0.25) is 0 Å². The summed E-state index contributed by atoms with van der Waals surface area (Å²) in [7, 11) is 3.95. The number of nitrogens with one attached hydrogen (secondary N) is 1. The Labute approximate surface area is 167 Å². The monoisotopic (exact) mass is 410 g/mol. The normalized spacial score (nSPS) is 12.2. The molecule has 0 spiro atoms. The van der Waals surface area contributed by atoms with E-state index in [-0.39, 0.29) is 11.6 Å². The fourth-order valence-corrected chi connectivity index (χ4v) is 2.50. The first-order valence-corrected chi connectivity index (χ1v) is 8.87. The van der Waals surface area contributed by atoms with Crippen LogP contribution < -0.4 is 21.6 Å². The standard InChI is InChI=1S/C19H25F3N6O/c1-27(2)12-5-13-28(24)26-18(23)16-6-3-4-7-17(16)25-14-8-10-15(11-9-14)29-19(20,21)22/h3-4,6-11,25H,5,12-13,24H2,1-2H3,(H2,23,26). The molecule has 0 fully saturated rings. The minimum Gasteiger partial charge on any atom is -0.406 e. The first-order valence-electron chi connectivity index (χ1n) is 8.87. The Kier molecular flexibility index (Phi) is 7.68. The van der Waals surface area contributed by atoms with Gasteiger partial charge in [0.15, 0.2) is 5.84 Å². The molecule has 0 bridgehead atoms. The Bertz CT molecular complexity index is 808. The van der Waals surface area contributed by atoms with Crippen LogP contribution in [0.25, 0.3) is 0 Å². The Balaban J connectivity index is 2.09. The second kappa shape index (κ2) is 9.99. The molecule has 2 aromatic rings. The molecule has 158 valence electrons.